The molecule has 194 valence electrons. The van der Waals surface area contributed by atoms with Crippen LogP contribution >= 0.6 is 15.9 Å². The SMILES string of the molecule is COc1ccc(N2C(=O)/C(=C(\C#CBr)c3ccccc3)[C@H]2C2COC(C)(C)N2C(=O)OC(C)(C)C)cc1. The number of nitrogens with zero attached hydrogens (tertiary/aromatic N) is 2. The highest BCUT2D eigenvalue weighted by atomic mass is 79.9. The number of hydrogen-bond acceptors (Lipinski definition) is 5. The average Bonchev–Trinajstić information content (AvgIpc) is 3.16. The molecule has 0 spiro atoms. The molecule has 2 aliphatic rings. The number of carbonyl (C=O) groups is 2. The van der Waals surface area contributed by atoms with E-state index >= 15 is 0 Å². The van der Waals surface area contributed by atoms with Crippen molar-refractivity contribution in [1.82, 2.24) is 4.90 Å². The van der Waals surface area contributed by atoms with Gasteiger partial charge in [0.25, 0.3) is 5.91 Å². The van der Waals surface area contributed by atoms with E-state index in [2.05, 4.69) is 26.7 Å². The lowest BCUT2D eigenvalue weighted by atomic mass is 9.81. The first-order chi connectivity index (χ1) is 17.5. The molecule has 0 aromatic heterocycles. The van der Waals surface area contributed by atoms with Gasteiger partial charge in [0, 0.05) is 27.2 Å². The van der Waals surface area contributed by atoms with Gasteiger partial charge in [0.1, 0.15) is 17.1 Å². The lowest BCUT2D eigenvalue weighted by Crippen LogP contribution is -2.66. The van der Waals surface area contributed by atoms with Crippen molar-refractivity contribution in [2.45, 2.75) is 58.0 Å². The van der Waals surface area contributed by atoms with Crippen LogP contribution in [0.3, 0.4) is 0 Å². The fourth-order valence-corrected chi connectivity index (χ4v) is 4.96. The average molecular weight is 567 g/mol. The van der Waals surface area contributed by atoms with Crippen LogP contribution in [0.15, 0.2) is 60.2 Å². The predicted octanol–water partition coefficient (Wildman–Crippen LogP) is 5.59. The molecule has 2 atom stereocenters. The van der Waals surface area contributed by atoms with Gasteiger partial charge in [0.05, 0.1) is 31.4 Å². The lowest BCUT2D eigenvalue weighted by Gasteiger charge is -2.49. The third-order valence-electron chi connectivity index (χ3n) is 6.35. The minimum absolute atomic E-state index is 0.182. The largest absolute Gasteiger partial charge is 0.497 e. The molecule has 7 nitrogen and oxygen atoms in total. The Kier molecular flexibility index (Phi) is 7.40. The van der Waals surface area contributed by atoms with Gasteiger partial charge in [-0.05, 0) is 69.3 Å². The van der Waals surface area contributed by atoms with Crippen LogP contribution < -0.4 is 9.64 Å². The molecule has 2 aliphatic heterocycles. The molecular formula is C29H31BrN2O5. The first-order valence-electron chi connectivity index (χ1n) is 12.0. The minimum atomic E-state index is -0.934. The number of β-lactam (4-membered cyclic amide) rings is 1. The molecule has 0 saturated carbocycles. The van der Waals surface area contributed by atoms with Crippen LogP contribution in [-0.2, 0) is 14.3 Å². The molecule has 0 N–H and O–H groups in total. The van der Waals surface area contributed by atoms with E-state index in [0.717, 1.165) is 5.56 Å². The number of benzene rings is 2. The first-order valence-corrected chi connectivity index (χ1v) is 12.8. The summed E-state index contributed by atoms with van der Waals surface area (Å²) < 4.78 is 17.2. The number of rotatable bonds is 4. The monoisotopic (exact) mass is 566 g/mol. The van der Waals surface area contributed by atoms with E-state index in [0.29, 0.717) is 22.6 Å². The molecule has 2 saturated heterocycles. The smallest absolute Gasteiger partial charge is 0.412 e. The number of ether oxygens (including phenoxy) is 3. The predicted molar refractivity (Wildman–Crippen MR) is 146 cm³/mol. The van der Waals surface area contributed by atoms with Gasteiger partial charge in [0.15, 0.2) is 0 Å². The van der Waals surface area contributed by atoms with Crippen molar-refractivity contribution in [3.8, 4) is 16.5 Å². The van der Waals surface area contributed by atoms with Crippen molar-refractivity contribution in [3.63, 3.8) is 0 Å². The zero-order chi connectivity index (χ0) is 27.0. The second-order valence-corrected chi connectivity index (χ2v) is 10.8. The second-order valence-electron chi connectivity index (χ2n) is 10.4. The van der Waals surface area contributed by atoms with Crippen molar-refractivity contribution in [3.05, 3.63) is 65.7 Å². The van der Waals surface area contributed by atoms with Gasteiger partial charge in [0.2, 0.25) is 0 Å². The maximum Gasteiger partial charge on any atom is 0.412 e. The molecule has 2 amide bonds. The van der Waals surface area contributed by atoms with Crippen LogP contribution in [0.4, 0.5) is 10.5 Å². The molecule has 2 aromatic rings. The Bertz CT molecular complexity index is 1270. The molecule has 2 aromatic carbocycles. The third-order valence-corrected chi connectivity index (χ3v) is 6.55. The lowest BCUT2D eigenvalue weighted by molar-refractivity contribution is -0.119. The highest BCUT2D eigenvalue weighted by Crippen LogP contribution is 2.44. The van der Waals surface area contributed by atoms with E-state index in [1.807, 2.05) is 77.1 Å². The molecular weight excluding hydrogens is 536 g/mol. The molecule has 2 fully saturated rings. The Labute approximate surface area is 226 Å². The molecule has 37 heavy (non-hydrogen) atoms. The molecule has 1 unspecified atom stereocenters. The summed E-state index contributed by atoms with van der Waals surface area (Å²) in [4.78, 5) is 33.4. The molecule has 0 radical (unpaired) electrons. The van der Waals surface area contributed by atoms with E-state index in [9.17, 15) is 9.59 Å². The maximum atomic E-state index is 13.8. The van der Waals surface area contributed by atoms with Gasteiger partial charge in [-0.25, -0.2) is 4.79 Å². The number of amides is 2. The summed E-state index contributed by atoms with van der Waals surface area (Å²) >= 11 is 3.21. The number of methoxy groups -OCH3 is 1. The Morgan fingerprint density at radius 2 is 1.76 bits per heavy atom. The van der Waals surface area contributed by atoms with Crippen molar-refractivity contribution < 1.29 is 23.8 Å². The van der Waals surface area contributed by atoms with E-state index in [-0.39, 0.29) is 12.5 Å². The van der Waals surface area contributed by atoms with Gasteiger partial charge in [-0.15, -0.1) is 0 Å². The van der Waals surface area contributed by atoms with Crippen LogP contribution in [0.2, 0.25) is 0 Å². The Hall–Kier alpha value is -3.28. The quantitative estimate of drug-likeness (QED) is 0.274. The summed E-state index contributed by atoms with van der Waals surface area (Å²) in [5.41, 5.74) is 1.00. The third kappa shape index (κ3) is 5.25. The summed E-state index contributed by atoms with van der Waals surface area (Å²) in [7, 11) is 1.59. The summed E-state index contributed by atoms with van der Waals surface area (Å²) in [5.74, 6) is 3.58. The van der Waals surface area contributed by atoms with Crippen LogP contribution in [0.25, 0.3) is 5.57 Å². The second kappa shape index (κ2) is 10.2. The van der Waals surface area contributed by atoms with Crippen molar-refractivity contribution in [1.29, 1.82) is 0 Å². The van der Waals surface area contributed by atoms with Crippen molar-refractivity contribution in [2.24, 2.45) is 0 Å². The van der Waals surface area contributed by atoms with E-state index in [1.165, 1.54) is 0 Å². The normalized spacial score (nSPS) is 22.1. The van der Waals surface area contributed by atoms with E-state index in [4.69, 9.17) is 14.2 Å². The first kappa shape index (κ1) is 26.8. The number of hydrogen-bond donors (Lipinski definition) is 0. The van der Waals surface area contributed by atoms with Crippen LogP contribution in [0, 0.1) is 10.8 Å². The highest BCUT2D eigenvalue weighted by molar-refractivity contribution is 9.12. The molecule has 0 aliphatic carbocycles. The summed E-state index contributed by atoms with van der Waals surface area (Å²) in [5, 5.41) is 0. The summed E-state index contributed by atoms with van der Waals surface area (Å²) in [6.45, 7) is 9.36. The number of halogens is 1. The fraction of sp³-hybridized carbons (Fsp3) is 0.379. The van der Waals surface area contributed by atoms with Crippen molar-refractivity contribution >= 4 is 39.2 Å². The fourth-order valence-electron chi connectivity index (χ4n) is 4.76. The zero-order valence-corrected chi connectivity index (χ0v) is 23.5. The molecule has 8 heteroatoms. The summed E-state index contributed by atoms with van der Waals surface area (Å²) in [6.07, 6.45) is -0.499. The van der Waals surface area contributed by atoms with Crippen LogP contribution in [-0.4, -0.2) is 54.0 Å². The maximum absolute atomic E-state index is 13.8. The van der Waals surface area contributed by atoms with Crippen molar-refractivity contribution in [2.75, 3.05) is 18.6 Å². The van der Waals surface area contributed by atoms with Gasteiger partial charge >= 0.3 is 6.09 Å². The highest BCUT2D eigenvalue weighted by Gasteiger charge is 2.57. The molecule has 4 rings (SSSR count). The Morgan fingerprint density at radius 3 is 2.32 bits per heavy atom. The van der Waals surface area contributed by atoms with Crippen LogP contribution in [0.1, 0.15) is 40.2 Å². The van der Waals surface area contributed by atoms with E-state index < -0.39 is 29.5 Å². The number of allylic oxidation sites excluding steroid dienone is 1. The van der Waals surface area contributed by atoms with Gasteiger partial charge < -0.3 is 14.2 Å². The zero-order valence-electron chi connectivity index (χ0n) is 21.9. The summed E-state index contributed by atoms with van der Waals surface area (Å²) in [6, 6.07) is 15.8. The Balaban J connectivity index is 1.87. The molecule has 2 heterocycles. The van der Waals surface area contributed by atoms with Gasteiger partial charge in [-0.1, -0.05) is 36.3 Å². The molecule has 0 bridgehead atoms. The van der Waals surface area contributed by atoms with Crippen LogP contribution in [0.5, 0.6) is 5.75 Å². The standard InChI is InChI=1S/C29H31BrN2O5/c1-28(2,3)37-27(34)32-23(18-36-29(32,4)5)25-24(22(16-17-30)19-10-8-7-9-11-19)26(33)31(25)20-12-14-21(35-6)15-13-20/h7-15,23,25H,18H2,1-6H3/b24-22+/t23?,25-/m1/s1. The van der Waals surface area contributed by atoms with Gasteiger partial charge in [-0.3, -0.25) is 14.6 Å². The van der Waals surface area contributed by atoms with E-state index in [1.54, 1.807) is 29.0 Å². The number of anilines is 1. The number of carbonyl (C=O) groups excluding carboxylic acids is 2. The minimum Gasteiger partial charge on any atom is -0.497 e. The topological polar surface area (TPSA) is 68.3 Å². The van der Waals surface area contributed by atoms with Gasteiger partial charge in [-0.2, -0.15) is 0 Å². The Morgan fingerprint density at radius 1 is 1.11 bits per heavy atom.